The fourth-order valence-electron chi connectivity index (χ4n) is 2.50. The van der Waals surface area contributed by atoms with Crippen LogP contribution in [0.2, 0.25) is 5.02 Å². The second kappa shape index (κ2) is 9.73. The van der Waals surface area contributed by atoms with Crippen molar-refractivity contribution in [3.63, 3.8) is 0 Å². The summed E-state index contributed by atoms with van der Waals surface area (Å²) in [5, 5.41) is 3.34. The molecule has 0 saturated carbocycles. The minimum absolute atomic E-state index is 0.00384. The number of hydrazine groups is 1. The third kappa shape index (κ3) is 7.11. The summed E-state index contributed by atoms with van der Waals surface area (Å²) in [6.07, 6.45) is 0.119. The molecule has 2 rings (SSSR count). The van der Waals surface area contributed by atoms with E-state index in [1.165, 1.54) is 6.92 Å². The predicted molar refractivity (Wildman–Crippen MR) is 104 cm³/mol. The van der Waals surface area contributed by atoms with Gasteiger partial charge in [0.15, 0.2) is 0 Å². The second-order valence-electron chi connectivity index (χ2n) is 6.27. The topological polar surface area (TPSA) is 87.3 Å². The van der Waals surface area contributed by atoms with Crippen LogP contribution in [0.3, 0.4) is 0 Å². The fraction of sp³-hybridized carbons (Fsp3) is 0.250. The molecule has 0 saturated heterocycles. The number of benzene rings is 2. The summed E-state index contributed by atoms with van der Waals surface area (Å²) in [4.78, 5) is 35.6. The van der Waals surface area contributed by atoms with Gasteiger partial charge < -0.3 is 5.32 Å². The number of aryl methyl sites for hydroxylation is 1. The Labute approximate surface area is 163 Å². The van der Waals surface area contributed by atoms with Gasteiger partial charge in [-0.3, -0.25) is 25.2 Å². The third-order valence-corrected chi connectivity index (χ3v) is 4.12. The van der Waals surface area contributed by atoms with Crippen molar-refractivity contribution in [3.8, 4) is 0 Å². The van der Waals surface area contributed by atoms with Crippen LogP contribution in [-0.2, 0) is 20.8 Å². The first-order chi connectivity index (χ1) is 12.8. The zero-order valence-corrected chi connectivity index (χ0v) is 16.0. The molecule has 0 radical (unpaired) electrons. The van der Waals surface area contributed by atoms with Crippen LogP contribution < -0.4 is 16.2 Å². The number of nitrogens with one attached hydrogen (secondary N) is 3. The lowest BCUT2D eigenvalue weighted by atomic mass is 10.0. The highest BCUT2D eigenvalue weighted by atomic mass is 35.5. The maximum atomic E-state index is 12.2. The molecule has 0 heterocycles. The number of amides is 3. The summed E-state index contributed by atoms with van der Waals surface area (Å²) in [6.45, 7) is 3.35. The van der Waals surface area contributed by atoms with Crippen LogP contribution in [0.1, 0.15) is 36.1 Å². The Hall–Kier alpha value is -2.86. The Bertz CT molecular complexity index is 804. The molecule has 1 unspecified atom stereocenters. The Morgan fingerprint density at radius 1 is 0.926 bits per heavy atom. The number of rotatable bonds is 6. The quantitative estimate of drug-likeness (QED) is 0.666. The first-order valence-electron chi connectivity index (χ1n) is 8.49. The largest absolute Gasteiger partial charge is 0.349 e. The van der Waals surface area contributed by atoms with Crippen molar-refractivity contribution < 1.29 is 14.4 Å². The van der Waals surface area contributed by atoms with E-state index >= 15 is 0 Å². The highest BCUT2D eigenvalue weighted by Gasteiger charge is 2.17. The highest BCUT2D eigenvalue weighted by Crippen LogP contribution is 2.17. The van der Waals surface area contributed by atoms with Gasteiger partial charge in [0.25, 0.3) is 0 Å². The van der Waals surface area contributed by atoms with Gasteiger partial charge in [0.1, 0.15) is 0 Å². The maximum absolute atomic E-state index is 12.2. The lowest BCUT2D eigenvalue weighted by Crippen LogP contribution is -2.44. The van der Waals surface area contributed by atoms with Crippen LogP contribution in [0, 0.1) is 6.92 Å². The molecule has 1 atom stereocenters. The Morgan fingerprint density at radius 3 is 2.11 bits per heavy atom. The lowest BCUT2D eigenvalue weighted by Gasteiger charge is -2.18. The zero-order valence-electron chi connectivity index (χ0n) is 15.2. The molecular formula is C20H22ClN3O3. The van der Waals surface area contributed by atoms with Gasteiger partial charge in [-0.2, -0.15) is 0 Å². The van der Waals surface area contributed by atoms with E-state index in [0.29, 0.717) is 5.02 Å². The van der Waals surface area contributed by atoms with Crippen molar-refractivity contribution in [2.45, 2.75) is 32.7 Å². The SMILES string of the molecule is CC(=O)NC(CC(=O)NNC(=O)Cc1ccc(Cl)cc1)c1ccc(C)cc1. The molecule has 0 spiro atoms. The van der Waals surface area contributed by atoms with Gasteiger partial charge in [0, 0.05) is 11.9 Å². The van der Waals surface area contributed by atoms with Gasteiger partial charge >= 0.3 is 0 Å². The summed E-state index contributed by atoms with van der Waals surface area (Å²) in [5.74, 6) is -0.990. The highest BCUT2D eigenvalue weighted by molar-refractivity contribution is 6.30. The number of carbonyl (C=O) groups is 3. The monoisotopic (exact) mass is 387 g/mol. The van der Waals surface area contributed by atoms with Crippen LogP contribution in [0.4, 0.5) is 0 Å². The molecule has 0 aliphatic carbocycles. The van der Waals surface area contributed by atoms with E-state index in [1.807, 2.05) is 31.2 Å². The van der Waals surface area contributed by atoms with E-state index in [-0.39, 0.29) is 24.7 Å². The molecule has 142 valence electrons. The van der Waals surface area contributed by atoms with E-state index in [4.69, 9.17) is 11.6 Å². The number of hydrogen-bond acceptors (Lipinski definition) is 3. The Kier molecular flexibility index (Phi) is 7.37. The molecule has 27 heavy (non-hydrogen) atoms. The smallest absolute Gasteiger partial charge is 0.242 e. The predicted octanol–water partition coefficient (Wildman–Crippen LogP) is 2.61. The van der Waals surface area contributed by atoms with E-state index < -0.39 is 11.9 Å². The first kappa shape index (κ1) is 20.5. The molecule has 0 aliphatic rings. The van der Waals surface area contributed by atoms with E-state index in [9.17, 15) is 14.4 Å². The van der Waals surface area contributed by atoms with Crippen LogP contribution in [-0.4, -0.2) is 17.7 Å². The minimum atomic E-state index is -0.476. The van der Waals surface area contributed by atoms with Crippen molar-refractivity contribution >= 4 is 29.3 Å². The van der Waals surface area contributed by atoms with Crippen LogP contribution in [0.5, 0.6) is 0 Å². The lowest BCUT2D eigenvalue weighted by molar-refractivity contribution is -0.129. The summed E-state index contributed by atoms with van der Waals surface area (Å²) in [6, 6.07) is 14.0. The molecule has 3 N–H and O–H groups in total. The summed E-state index contributed by atoms with van der Waals surface area (Å²) >= 11 is 5.81. The fourth-order valence-corrected chi connectivity index (χ4v) is 2.63. The standard InChI is InChI=1S/C20H22ClN3O3/c1-13-3-7-16(8-4-13)18(22-14(2)25)12-20(27)24-23-19(26)11-15-5-9-17(21)10-6-15/h3-10,18H,11-12H2,1-2H3,(H,22,25)(H,23,26)(H,24,27). The second-order valence-corrected chi connectivity index (χ2v) is 6.70. The minimum Gasteiger partial charge on any atom is -0.349 e. The van der Waals surface area contributed by atoms with Crippen molar-refractivity contribution in [3.05, 3.63) is 70.2 Å². The van der Waals surface area contributed by atoms with Gasteiger partial charge in [0.2, 0.25) is 17.7 Å². The van der Waals surface area contributed by atoms with Crippen molar-refractivity contribution in [1.82, 2.24) is 16.2 Å². The normalized spacial score (nSPS) is 11.4. The van der Waals surface area contributed by atoms with Crippen LogP contribution in [0.15, 0.2) is 48.5 Å². The molecule has 6 nitrogen and oxygen atoms in total. The van der Waals surface area contributed by atoms with Crippen LogP contribution >= 0.6 is 11.6 Å². The molecule has 2 aromatic rings. The van der Waals surface area contributed by atoms with Gasteiger partial charge in [-0.15, -0.1) is 0 Å². The Balaban J connectivity index is 1.89. The third-order valence-electron chi connectivity index (χ3n) is 3.87. The van der Waals surface area contributed by atoms with E-state index in [2.05, 4.69) is 16.2 Å². The van der Waals surface area contributed by atoms with Gasteiger partial charge in [-0.1, -0.05) is 53.6 Å². The molecule has 2 aromatic carbocycles. The van der Waals surface area contributed by atoms with Gasteiger partial charge in [0.05, 0.1) is 18.9 Å². The maximum Gasteiger partial charge on any atom is 0.242 e. The average molecular weight is 388 g/mol. The van der Waals surface area contributed by atoms with Crippen LogP contribution in [0.25, 0.3) is 0 Å². The average Bonchev–Trinajstić information content (AvgIpc) is 2.62. The number of carbonyl (C=O) groups excluding carboxylic acids is 3. The first-order valence-corrected chi connectivity index (χ1v) is 8.87. The summed E-state index contributed by atoms with van der Waals surface area (Å²) < 4.78 is 0. The Morgan fingerprint density at radius 2 is 1.52 bits per heavy atom. The molecular weight excluding hydrogens is 366 g/mol. The van der Waals surface area contributed by atoms with Crippen molar-refractivity contribution in [2.75, 3.05) is 0 Å². The summed E-state index contributed by atoms with van der Waals surface area (Å²) in [7, 11) is 0. The molecule has 0 fully saturated rings. The van der Waals surface area contributed by atoms with Crippen molar-refractivity contribution in [2.24, 2.45) is 0 Å². The zero-order chi connectivity index (χ0) is 19.8. The van der Waals surface area contributed by atoms with Gasteiger partial charge in [-0.25, -0.2) is 0 Å². The molecule has 0 aromatic heterocycles. The van der Waals surface area contributed by atoms with Crippen molar-refractivity contribution in [1.29, 1.82) is 0 Å². The molecule has 0 aliphatic heterocycles. The van der Waals surface area contributed by atoms with E-state index in [0.717, 1.165) is 16.7 Å². The number of hydrogen-bond donors (Lipinski definition) is 3. The number of halogens is 1. The molecule has 3 amide bonds. The van der Waals surface area contributed by atoms with Gasteiger partial charge in [-0.05, 0) is 30.2 Å². The molecule has 0 bridgehead atoms. The van der Waals surface area contributed by atoms with E-state index in [1.54, 1.807) is 24.3 Å². The summed E-state index contributed by atoms with van der Waals surface area (Å²) in [5.41, 5.74) is 7.44. The molecule has 7 heteroatoms.